The van der Waals surface area contributed by atoms with E-state index in [1.54, 1.807) is 18.5 Å². The molecule has 0 spiro atoms. The molecule has 6 nitrogen and oxygen atoms in total. The number of H-pyrrole nitrogens is 1. The molecule has 0 aliphatic carbocycles. The van der Waals surface area contributed by atoms with Crippen LogP contribution in [0.2, 0.25) is 0 Å². The van der Waals surface area contributed by atoms with Crippen molar-refractivity contribution in [2.24, 2.45) is 0 Å². The Bertz CT molecular complexity index is 910. The van der Waals surface area contributed by atoms with Crippen LogP contribution in [0.25, 0.3) is 11.3 Å². The summed E-state index contributed by atoms with van der Waals surface area (Å²) in [6.07, 6.45) is 9.22. The van der Waals surface area contributed by atoms with Gasteiger partial charge in [0.15, 0.2) is 0 Å². The van der Waals surface area contributed by atoms with Crippen LogP contribution in [0.3, 0.4) is 0 Å². The summed E-state index contributed by atoms with van der Waals surface area (Å²) in [6.45, 7) is 2.85. The van der Waals surface area contributed by atoms with E-state index in [-0.39, 0.29) is 11.5 Å². The Morgan fingerprint density at radius 2 is 1.81 bits per heavy atom. The summed E-state index contributed by atoms with van der Waals surface area (Å²) in [6, 6.07) is 9.41. The maximum atomic E-state index is 12.2. The Morgan fingerprint density at radius 1 is 1.08 bits per heavy atom. The van der Waals surface area contributed by atoms with Crippen LogP contribution in [0.1, 0.15) is 30.1 Å². The zero-order chi connectivity index (χ0) is 17.8. The monoisotopic (exact) mass is 347 g/mol. The fourth-order valence-electron chi connectivity index (χ4n) is 3.51. The van der Waals surface area contributed by atoms with Crippen molar-refractivity contribution in [1.82, 2.24) is 24.8 Å². The average Bonchev–Trinajstić information content (AvgIpc) is 2.69. The third-order valence-corrected chi connectivity index (χ3v) is 4.78. The molecule has 26 heavy (non-hydrogen) atoms. The van der Waals surface area contributed by atoms with Crippen molar-refractivity contribution in [3.8, 4) is 11.3 Å². The Kier molecular flexibility index (Phi) is 4.84. The van der Waals surface area contributed by atoms with Gasteiger partial charge in [-0.3, -0.25) is 19.7 Å². The van der Waals surface area contributed by atoms with Crippen LogP contribution in [0.4, 0.5) is 0 Å². The molecule has 3 aromatic rings. The first-order valence-electron chi connectivity index (χ1n) is 8.91. The van der Waals surface area contributed by atoms with Gasteiger partial charge >= 0.3 is 0 Å². The van der Waals surface area contributed by atoms with E-state index >= 15 is 0 Å². The van der Waals surface area contributed by atoms with Gasteiger partial charge in [0, 0.05) is 55.4 Å². The fourth-order valence-corrected chi connectivity index (χ4v) is 3.51. The maximum absolute atomic E-state index is 12.2. The first-order chi connectivity index (χ1) is 12.8. The van der Waals surface area contributed by atoms with Gasteiger partial charge in [0.05, 0.1) is 5.69 Å². The Labute approximate surface area is 152 Å². The number of pyridine rings is 2. The molecule has 1 aliphatic rings. The van der Waals surface area contributed by atoms with Crippen LogP contribution in [-0.4, -0.2) is 37.9 Å². The van der Waals surface area contributed by atoms with Crippen LogP contribution in [0.5, 0.6) is 0 Å². The van der Waals surface area contributed by atoms with Crippen molar-refractivity contribution in [3.63, 3.8) is 0 Å². The molecular weight excluding hydrogens is 326 g/mol. The smallest absolute Gasteiger partial charge is 0.251 e. The highest BCUT2D eigenvalue weighted by Crippen LogP contribution is 2.26. The summed E-state index contributed by atoms with van der Waals surface area (Å²) in [7, 11) is 0. The molecule has 1 atom stereocenters. The molecular formula is C20H21N5O. The predicted molar refractivity (Wildman–Crippen MR) is 99.6 cm³/mol. The van der Waals surface area contributed by atoms with E-state index in [4.69, 9.17) is 4.98 Å². The molecule has 1 saturated heterocycles. The number of nitrogens with one attached hydrogen (secondary N) is 1. The minimum Gasteiger partial charge on any atom is -0.310 e. The zero-order valence-corrected chi connectivity index (χ0v) is 14.5. The first-order valence-corrected chi connectivity index (χ1v) is 8.91. The van der Waals surface area contributed by atoms with Crippen molar-refractivity contribution in [2.45, 2.75) is 25.3 Å². The highest BCUT2D eigenvalue weighted by molar-refractivity contribution is 5.57. The lowest BCUT2D eigenvalue weighted by atomic mass is 9.96. The van der Waals surface area contributed by atoms with Gasteiger partial charge in [-0.05, 0) is 49.2 Å². The van der Waals surface area contributed by atoms with Crippen molar-refractivity contribution in [2.75, 3.05) is 13.1 Å². The summed E-state index contributed by atoms with van der Waals surface area (Å²) in [5, 5.41) is 0. The highest BCUT2D eigenvalue weighted by Gasteiger charge is 2.23. The standard InChI is InChI=1S/C20H21N5O/c26-19-12-18(16-5-9-22-10-6-16)23-20(24-19)17-2-1-11-25(14-17)13-15-3-7-21-8-4-15/h3-10,12,17H,1-2,11,13-14H2,(H,23,24,26). The molecule has 6 heteroatoms. The van der Waals surface area contributed by atoms with Gasteiger partial charge in [-0.15, -0.1) is 0 Å². The number of aromatic amines is 1. The molecule has 3 aromatic heterocycles. The van der Waals surface area contributed by atoms with Crippen molar-refractivity contribution in [3.05, 3.63) is 76.9 Å². The second-order valence-electron chi connectivity index (χ2n) is 6.68. The van der Waals surface area contributed by atoms with Gasteiger partial charge in [-0.2, -0.15) is 0 Å². The molecule has 4 heterocycles. The normalized spacial score (nSPS) is 17.9. The van der Waals surface area contributed by atoms with E-state index in [0.717, 1.165) is 43.9 Å². The van der Waals surface area contributed by atoms with E-state index < -0.39 is 0 Å². The lowest BCUT2D eigenvalue weighted by molar-refractivity contribution is 0.196. The van der Waals surface area contributed by atoms with Gasteiger partial charge in [-0.1, -0.05) is 0 Å². The van der Waals surface area contributed by atoms with Crippen LogP contribution < -0.4 is 5.56 Å². The maximum Gasteiger partial charge on any atom is 0.251 e. The Hall–Kier alpha value is -2.86. The highest BCUT2D eigenvalue weighted by atomic mass is 16.1. The Morgan fingerprint density at radius 3 is 2.58 bits per heavy atom. The molecule has 0 saturated carbocycles. The van der Waals surface area contributed by atoms with E-state index in [9.17, 15) is 4.79 Å². The van der Waals surface area contributed by atoms with Gasteiger partial charge < -0.3 is 4.98 Å². The number of hydrogen-bond donors (Lipinski definition) is 1. The number of piperidine rings is 1. The van der Waals surface area contributed by atoms with Crippen LogP contribution in [0, 0.1) is 0 Å². The predicted octanol–water partition coefficient (Wildman–Crippen LogP) is 2.61. The first kappa shape index (κ1) is 16.6. The topological polar surface area (TPSA) is 74.8 Å². The molecule has 1 fully saturated rings. The van der Waals surface area contributed by atoms with Gasteiger partial charge in [0.1, 0.15) is 5.82 Å². The molecule has 0 bridgehead atoms. The summed E-state index contributed by atoms with van der Waals surface area (Å²) in [5.74, 6) is 1.02. The number of likely N-dealkylation sites (tertiary alicyclic amines) is 1. The summed E-state index contributed by atoms with van der Waals surface area (Å²) >= 11 is 0. The van der Waals surface area contributed by atoms with E-state index in [0.29, 0.717) is 5.69 Å². The minimum absolute atomic E-state index is 0.104. The molecule has 132 valence electrons. The minimum atomic E-state index is -0.104. The third-order valence-electron chi connectivity index (χ3n) is 4.78. The molecule has 1 N–H and O–H groups in total. The lowest BCUT2D eigenvalue weighted by Crippen LogP contribution is -2.35. The molecule has 1 unspecified atom stereocenters. The molecule has 1 aliphatic heterocycles. The third kappa shape index (κ3) is 3.86. The van der Waals surface area contributed by atoms with Crippen molar-refractivity contribution in [1.29, 1.82) is 0 Å². The second kappa shape index (κ2) is 7.58. The van der Waals surface area contributed by atoms with Crippen LogP contribution >= 0.6 is 0 Å². The largest absolute Gasteiger partial charge is 0.310 e. The van der Waals surface area contributed by atoms with Crippen LogP contribution in [-0.2, 0) is 6.54 Å². The summed E-state index contributed by atoms with van der Waals surface area (Å²) < 4.78 is 0. The van der Waals surface area contributed by atoms with E-state index in [1.165, 1.54) is 5.56 Å². The number of rotatable bonds is 4. The quantitative estimate of drug-likeness (QED) is 0.785. The molecule has 0 aromatic carbocycles. The number of nitrogens with zero attached hydrogens (tertiary/aromatic N) is 4. The lowest BCUT2D eigenvalue weighted by Gasteiger charge is -2.32. The summed E-state index contributed by atoms with van der Waals surface area (Å²) in [4.78, 5) is 30.4. The number of aromatic nitrogens is 4. The average molecular weight is 347 g/mol. The zero-order valence-electron chi connectivity index (χ0n) is 14.5. The molecule has 4 rings (SSSR count). The fraction of sp³-hybridized carbons (Fsp3) is 0.300. The van der Waals surface area contributed by atoms with Crippen molar-refractivity contribution >= 4 is 0 Å². The van der Waals surface area contributed by atoms with Gasteiger partial charge in [0.25, 0.3) is 5.56 Å². The van der Waals surface area contributed by atoms with Crippen molar-refractivity contribution < 1.29 is 0 Å². The van der Waals surface area contributed by atoms with Gasteiger partial charge in [-0.25, -0.2) is 4.98 Å². The molecule has 0 radical (unpaired) electrons. The SMILES string of the molecule is O=c1cc(-c2ccncc2)nc(C2CCCN(Cc3ccncc3)C2)[nH]1. The molecule has 0 amide bonds. The van der Waals surface area contributed by atoms with E-state index in [2.05, 4.69) is 19.9 Å². The number of hydrogen-bond acceptors (Lipinski definition) is 5. The van der Waals surface area contributed by atoms with E-state index in [1.807, 2.05) is 36.7 Å². The van der Waals surface area contributed by atoms with Crippen LogP contribution in [0.15, 0.2) is 59.9 Å². The Balaban J connectivity index is 1.55. The van der Waals surface area contributed by atoms with Gasteiger partial charge in [0.2, 0.25) is 0 Å². The summed E-state index contributed by atoms with van der Waals surface area (Å²) in [5.41, 5.74) is 2.77. The second-order valence-corrected chi connectivity index (χ2v) is 6.68.